The zero-order valence-corrected chi connectivity index (χ0v) is 14.2. The van der Waals surface area contributed by atoms with E-state index in [1.54, 1.807) is 24.3 Å². The first-order chi connectivity index (χ1) is 11.9. The number of rotatable bonds is 10. The predicted molar refractivity (Wildman–Crippen MR) is 92.1 cm³/mol. The molecule has 0 aliphatic heterocycles. The number of primary amides is 1. The molecule has 8 nitrogen and oxygen atoms in total. The molecule has 4 N–H and O–H groups in total. The van der Waals surface area contributed by atoms with Gasteiger partial charge in [0, 0.05) is 18.5 Å². The summed E-state index contributed by atoms with van der Waals surface area (Å²) in [4.78, 5) is 45.3. The van der Waals surface area contributed by atoms with Gasteiger partial charge in [-0.3, -0.25) is 14.4 Å². The topological polar surface area (TPSA) is 128 Å². The van der Waals surface area contributed by atoms with Crippen molar-refractivity contribution in [3.63, 3.8) is 0 Å². The second kappa shape index (κ2) is 10.8. The van der Waals surface area contributed by atoms with E-state index in [1.807, 2.05) is 0 Å². The van der Waals surface area contributed by atoms with Crippen LogP contribution in [0.4, 0.5) is 10.5 Å². The van der Waals surface area contributed by atoms with Gasteiger partial charge in [0.25, 0.3) is 5.91 Å². The van der Waals surface area contributed by atoms with Gasteiger partial charge in [-0.2, -0.15) is 0 Å². The van der Waals surface area contributed by atoms with E-state index in [1.165, 1.54) is 6.92 Å². The fraction of sp³-hybridized carbons (Fsp3) is 0.412. The van der Waals surface area contributed by atoms with Gasteiger partial charge >= 0.3 is 12.0 Å². The average Bonchev–Trinajstić information content (AvgIpc) is 2.56. The van der Waals surface area contributed by atoms with Gasteiger partial charge < -0.3 is 21.1 Å². The van der Waals surface area contributed by atoms with Crippen molar-refractivity contribution in [3.8, 4) is 0 Å². The predicted octanol–water partition coefficient (Wildman–Crippen LogP) is 1.60. The zero-order chi connectivity index (χ0) is 18.7. The summed E-state index contributed by atoms with van der Waals surface area (Å²) < 4.78 is 4.90. The van der Waals surface area contributed by atoms with E-state index in [9.17, 15) is 19.2 Å². The lowest BCUT2D eigenvalue weighted by Crippen LogP contribution is -2.29. The molecule has 136 valence electrons. The highest BCUT2D eigenvalue weighted by Gasteiger charge is 2.11. The summed E-state index contributed by atoms with van der Waals surface area (Å²) in [5.41, 5.74) is 5.71. The van der Waals surface area contributed by atoms with Crippen molar-refractivity contribution < 1.29 is 23.9 Å². The van der Waals surface area contributed by atoms with Crippen molar-refractivity contribution in [2.75, 3.05) is 18.5 Å². The molecule has 1 rings (SSSR count). The van der Waals surface area contributed by atoms with Gasteiger partial charge in [0.15, 0.2) is 12.4 Å². The van der Waals surface area contributed by atoms with Gasteiger partial charge in [-0.15, -0.1) is 0 Å². The number of urea groups is 1. The van der Waals surface area contributed by atoms with Crippen LogP contribution in [0.25, 0.3) is 0 Å². The van der Waals surface area contributed by atoms with E-state index in [0.717, 1.165) is 6.42 Å². The Balaban J connectivity index is 2.24. The number of Topliss-reactive ketones (excluding diaryl/α,β-unsaturated/α-hetero) is 1. The molecule has 0 unspecified atom stereocenters. The number of benzene rings is 1. The quantitative estimate of drug-likeness (QED) is 0.336. The smallest absolute Gasteiger partial charge is 0.312 e. The third-order valence-electron chi connectivity index (χ3n) is 3.30. The van der Waals surface area contributed by atoms with Crippen molar-refractivity contribution in [3.05, 3.63) is 29.8 Å². The Morgan fingerprint density at radius 3 is 2.48 bits per heavy atom. The summed E-state index contributed by atoms with van der Waals surface area (Å²) in [5.74, 6) is -1.15. The molecule has 0 atom stereocenters. The van der Waals surface area contributed by atoms with Crippen molar-refractivity contribution in [1.82, 2.24) is 5.32 Å². The number of esters is 1. The molecule has 1 aromatic carbocycles. The standard InChI is InChI=1S/C17H23N3O5/c1-12(21)13-7-4-5-8-14(13)20-15(22)11-25-16(23)9-3-2-6-10-19-17(18)24/h4-5,7-8H,2-3,6,9-11H2,1H3,(H,20,22)(H3,18,19,24). The van der Waals surface area contributed by atoms with Crippen LogP contribution in [0.15, 0.2) is 24.3 Å². The normalized spacial score (nSPS) is 9.96. The zero-order valence-electron chi connectivity index (χ0n) is 14.2. The van der Waals surface area contributed by atoms with Crippen LogP contribution in [0.1, 0.15) is 43.0 Å². The van der Waals surface area contributed by atoms with Gasteiger partial charge in [0.1, 0.15) is 0 Å². The number of ether oxygens (including phenoxy) is 1. The molecule has 0 saturated carbocycles. The number of amides is 3. The van der Waals surface area contributed by atoms with Crippen LogP contribution in [0, 0.1) is 0 Å². The highest BCUT2D eigenvalue weighted by atomic mass is 16.5. The summed E-state index contributed by atoms with van der Waals surface area (Å²) >= 11 is 0. The van der Waals surface area contributed by atoms with Gasteiger partial charge in [0.05, 0.1) is 5.69 Å². The fourth-order valence-electron chi connectivity index (χ4n) is 2.09. The first-order valence-corrected chi connectivity index (χ1v) is 7.99. The molecular weight excluding hydrogens is 326 g/mol. The number of unbranched alkanes of at least 4 members (excludes halogenated alkanes) is 2. The van der Waals surface area contributed by atoms with Crippen LogP contribution >= 0.6 is 0 Å². The van der Waals surface area contributed by atoms with Gasteiger partial charge in [-0.25, -0.2) is 4.79 Å². The SMILES string of the molecule is CC(=O)c1ccccc1NC(=O)COC(=O)CCCCCNC(N)=O. The van der Waals surface area contributed by atoms with E-state index in [0.29, 0.717) is 30.6 Å². The Bertz CT molecular complexity index is 630. The molecule has 8 heteroatoms. The van der Waals surface area contributed by atoms with E-state index < -0.39 is 24.5 Å². The molecule has 0 spiro atoms. The summed E-state index contributed by atoms with van der Waals surface area (Å²) in [6, 6.07) is 6.04. The third-order valence-corrected chi connectivity index (χ3v) is 3.30. The molecule has 0 radical (unpaired) electrons. The van der Waals surface area contributed by atoms with E-state index in [2.05, 4.69) is 10.6 Å². The minimum absolute atomic E-state index is 0.168. The van der Waals surface area contributed by atoms with Crippen LogP contribution in [-0.4, -0.2) is 36.8 Å². The summed E-state index contributed by atoms with van der Waals surface area (Å²) in [6.07, 6.45) is 2.22. The molecule has 0 heterocycles. The molecule has 0 aromatic heterocycles. The Hall–Kier alpha value is -2.90. The first-order valence-electron chi connectivity index (χ1n) is 7.99. The van der Waals surface area contributed by atoms with Gasteiger partial charge in [-0.1, -0.05) is 18.6 Å². The van der Waals surface area contributed by atoms with Crippen LogP contribution in [-0.2, 0) is 14.3 Å². The molecule has 0 saturated heterocycles. The molecule has 0 aliphatic carbocycles. The number of ketones is 1. The largest absolute Gasteiger partial charge is 0.456 e. The Labute approximate surface area is 146 Å². The Morgan fingerprint density at radius 1 is 1.08 bits per heavy atom. The minimum atomic E-state index is -0.572. The number of anilines is 1. The minimum Gasteiger partial charge on any atom is -0.456 e. The number of hydrogen-bond acceptors (Lipinski definition) is 5. The number of carbonyl (C=O) groups excluding carboxylic acids is 4. The van der Waals surface area contributed by atoms with Crippen molar-refractivity contribution in [1.29, 1.82) is 0 Å². The second-order valence-corrected chi connectivity index (χ2v) is 5.41. The fourth-order valence-corrected chi connectivity index (χ4v) is 2.09. The number of nitrogens with one attached hydrogen (secondary N) is 2. The van der Waals surface area contributed by atoms with Crippen LogP contribution < -0.4 is 16.4 Å². The molecule has 3 amide bonds. The van der Waals surface area contributed by atoms with Gasteiger partial charge in [0.2, 0.25) is 0 Å². The van der Waals surface area contributed by atoms with E-state index in [4.69, 9.17) is 10.5 Å². The lowest BCUT2D eigenvalue weighted by molar-refractivity contribution is -0.147. The Morgan fingerprint density at radius 2 is 1.80 bits per heavy atom. The van der Waals surface area contributed by atoms with Crippen molar-refractivity contribution >= 4 is 29.4 Å². The van der Waals surface area contributed by atoms with Gasteiger partial charge in [-0.05, 0) is 31.9 Å². The lowest BCUT2D eigenvalue weighted by Gasteiger charge is -2.09. The molecule has 0 bridgehead atoms. The number of nitrogens with two attached hydrogens (primary N) is 1. The molecule has 0 aliphatic rings. The van der Waals surface area contributed by atoms with Crippen LogP contribution in [0.5, 0.6) is 0 Å². The molecule has 25 heavy (non-hydrogen) atoms. The maximum Gasteiger partial charge on any atom is 0.312 e. The molecule has 1 aromatic rings. The van der Waals surface area contributed by atoms with E-state index >= 15 is 0 Å². The monoisotopic (exact) mass is 349 g/mol. The van der Waals surface area contributed by atoms with Crippen molar-refractivity contribution in [2.24, 2.45) is 5.73 Å². The van der Waals surface area contributed by atoms with Crippen LogP contribution in [0.2, 0.25) is 0 Å². The number of para-hydroxylation sites is 1. The highest BCUT2D eigenvalue weighted by molar-refractivity contribution is 6.04. The molecular formula is C17H23N3O5. The van der Waals surface area contributed by atoms with Crippen molar-refractivity contribution in [2.45, 2.75) is 32.6 Å². The summed E-state index contributed by atoms with van der Waals surface area (Å²) in [5, 5.41) is 5.01. The third kappa shape index (κ3) is 8.50. The van der Waals surface area contributed by atoms with E-state index in [-0.39, 0.29) is 12.2 Å². The number of carbonyl (C=O) groups is 4. The second-order valence-electron chi connectivity index (χ2n) is 5.41. The van der Waals surface area contributed by atoms with Crippen LogP contribution in [0.3, 0.4) is 0 Å². The summed E-state index contributed by atoms with van der Waals surface area (Å²) in [7, 11) is 0. The maximum atomic E-state index is 11.8. The summed E-state index contributed by atoms with van der Waals surface area (Å²) in [6.45, 7) is 1.46. The average molecular weight is 349 g/mol. The Kier molecular flexibility index (Phi) is 8.70. The number of hydrogen-bond donors (Lipinski definition) is 3. The highest BCUT2D eigenvalue weighted by Crippen LogP contribution is 2.15. The first kappa shape index (κ1) is 20.1. The molecule has 0 fully saturated rings. The maximum absolute atomic E-state index is 11.8. The lowest BCUT2D eigenvalue weighted by atomic mass is 10.1.